The number of phenolic OH excluding ortho intramolecular Hbond substituents is 1. The van der Waals surface area contributed by atoms with Crippen molar-refractivity contribution in [1.29, 1.82) is 0 Å². The van der Waals surface area contributed by atoms with Gasteiger partial charge in [-0.3, -0.25) is 4.79 Å². The molecule has 0 unspecified atom stereocenters. The van der Waals surface area contributed by atoms with Crippen LogP contribution in [0.4, 0.5) is 0 Å². The fourth-order valence-corrected chi connectivity index (χ4v) is 2.23. The van der Waals surface area contributed by atoms with Gasteiger partial charge in [0.05, 0.1) is 0 Å². The molecule has 0 aromatic heterocycles. The van der Waals surface area contributed by atoms with Crippen molar-refractivity contribution < 1.29 is 9.90 Å². The summed E-state index contributed by atoms with van der Waals surface area (Å²) in [4.78, 5) is 12.2. The predicted octanol–water partition coefficient (Wildman–Crippen LogP) is 3.48. The van der Waals surface area contributed by atoms with E-state index in [9.17, 15) is 9.90 Å². The molecule has 21 heavy (non-hydrogen) atoms. The minimum Gasteiger partial charge on any atom is -0.508 e. The zero-order chi connectivity index (χ0) is 14.7. The Bertz CT molecular complexity index is 779. The van der Waals surface area contributed by atoms with Gasteiger partial charge in [0.1, 0.15) is 5.75 Å². The molecular formula is C18H15NO2. The predicted molar refractivity (Wildman–Crippen MR) is 83.2 cm³/mol. The maximum Gasteiger partial charge on any atom is 0.251 e. The van der Waals surface area contributed by atoms with Crippen molar-refractivity contribution in [3.05, 3.63) is 77.9 Å². The Hall–Kier alpha value is -2.81. The molecule has 0 aliphatic rings. The summed E-state index contributed by atoms with van der Waals surface area (Å²) < 4.78 is 0. The van der Waals surface area contributed by atoms with Gasteiger partial charge in [0, 0.05) is 12.1 Å². The second-order valence-corrected chi connectivity index (χ2v) is 4.91. The second-order valence-electron chi connectivity index (χ2n) is 4.91. The van der Waals surface area contributed by atoms with Crippen molar-refractivity contribution in [2.75, 3.05) is 0 Å². The van der Waals surface area contributed by atoms with Crippen molar-refractivity contribution in [3.63, 3.8) is 0 Å². The lowest BCUT2D eigenvalue weighted by atomic mass is 10.1. The molecule has 0 radical (unpaired) electrons. The number of rotatable bonds is 3. The first-order valence-corrected chi connectivity index (χ1v) is 6.77. The molecule has 0 fully saturated rings. The average Bonchev–Trinajstić information content (AvgIpc) is 2.53. The fraction of sp³-hybridized carbons (Fsp3) is 0.0556. The summed E-state index contributed by atoms with van der Waals surface area (Å²) in [5.41, 5.74) is 1.59. The number of carbonyl (C=O) groups excluding carboxylic acids is 1. The van der Waals surface area contributed by atoms with Gasteiger partial charge in [-0.15, -0.1) is 0 Å². The largest absolute Gasteiger partial charge is 0.508 e. The van der Waals surface area contributed by atoms with Gasteiger partial charge in [-0.2, -0.15) is 0 Å². The van der Waals surface area contributed by atoms with E-state index in [0.717, 1.165) is 16.3 Å². The van der Waals surface area contributed by atoms with Crippen LogP contribution in [-0.2, 0) is 6.54 Å². The fourth-order valence-electron chi connectivity index (χ4n) is 2.23. The molecule has 3 nitrogen and oxygen atoms in total. The molecule has 0 bridgehead atoms. The standard InChI is InChI=1S/C18H15NO2/c20-17-9-5-13(6-10-17)12-19-18(21)16-8-7-14-3-1-2-4-15(14)11-16/h1-11,20H,12H2,(H,19,21). The van der Waals surface area contributed by atoms with Gasteiger partial charge < -0.3 is 10.4 Å². The molecule has 0 spiro atoms. The third kappa shape index (κ3) is 3.03. The smallest absolute Gasteiger partial charge is 0.251 e. The first-order valence-electron chi connectivity index (χ1n) is 6.77. The zero-order valence-corrected chi connectivity index (χ0v) is 11.4. The number of benzene rings is 3. The molecule has 3 rings (SSSR count). The highest BCUT2D eigenvalue weighted by atomic mass is 16.3. The molecule has 1 amide bonds. The molecule has 3 heteroatoms. The van der Waals surface area contributed by atoms with E-state index >= 15 is 0 Å². The van der Waals surface area contributed by atoms with E-state index in [1.807, 2.05) is 42.5 Å². The first-order chi connectivity index (χ1) is 10.2. The van der Waals surface area contributed by atoms with Gasteiger partial charge in [-0.1, -0.05) is 42.5 Å². The molecule has 0 heterocycles. The van der Waals surface area contributed by atoms with Crippen molar-refractivity contribution in [2.24, 2.45) is 0 Å². The molecule has 104 valence electrons. The monoisotopic (exact) mass is 277 g/mol. The van der Waals surface area contributed by atoms with Crippen molar-refractivity contribution >= 4 is 16.7 Å². The van der Waals surface area contributed by atoms with Crippen LogP contribution in [0.25, 0.3) is 10.8 Å². The van der Waals surface area contributed by atoms with Crippen LogP contribution >= 0.6 is 0 Å². The average molecular weight is 277 g/mol. The Morgan fingerprint density at radius 1 is 0.905 bits per heavy atom. The van der Waals surface area contributed by atoms with Gasteiger partial charge in [0.25, 0.3) is 5.91 Å². The minimum absolute atomic E-state index is 0.103. The number of nitrogens with one attached hydrogen (secondary N) is 1. The van der Waals surface area contributed by atoms with Crippen LogP contribution in [-0.4, -0.2) is 11.0 Å². The highest BCUT2D eigenvalue weighted by molar-refractivity contribution is 5.98. The Kier molecular flexibility index (Phi) is 3.56. The number of hydrogen-bond acceptors (Lipinski definition) is 2. The summed E-state index contributed by atoms with van der Waals surface area (Å²) >= 11 is 0. The molecule has 0 saturated carbocycles. The van der Waals surface area contributed by atoms with Crippen LogP contribution in [0.5, 0.6) is 5.75 Å². The zero-order valence-electron chi connectivity index (χ0n) is 11.4. The van der Waals surface area contributed by atoms with Gasteiger partial charge in [0.2, 0.25) is 0 Å². The Labute approximate surface area is 122 Å². The molecular weight excluding hydrogens is 262 g/mol. The SMILES string of the molecule is O=C(NCc1ccc(O)cc1)c1ccc2ccccc2c1. The van der Waals surface area contributed by atoms with Gasteiger partial charge in [0.15, 0.2) is 0 Å². The van der Waals surface area contributed by atoms with E-state index < -0.39 is 0 Å². The normalized spacial score (nSPS) is 10.5. The molecule has 0 aliphatic heterocycles. The van der Waals surface area contributed by atoms with E-state index in [0.29, 0.717) is 12.1 Å². The van der Waals surface area contributed by atoms with Crippen LogP contribution in [0, 0.1) is 0 Å². The van der Waals surface area contributed by atoms with E-state index in [4.69, 9.17) is 0 Å². The topological polar surface area (TPSA) is 49.3 Å². The summed E-state index contributed by atoms with van der Waals surface area (Å²) in [5.74, 6) is 0.119. The van der Waals surface area contributed by atoms with Crippen molar-refractivity contribution in [1.82, 2.24) is 5.32 Å². The Morgan fingerprint density at radius 3 is 2.38 bits per heavy atom. The van der Waals surface area contributed by atoms with E-state index in [2.05, 4.69) is 5.32 Å². The molecule has 0 aliphatic carbocycles. The molecule has 2 N–H and O–H groups in total. The summed E-state index contributed by atoms with van der Waals surface area (Å²) in [6.07, 6.45) is 0. The van der Waals surface area contributed by atoms with Crippen LogP contribution in [0.1, 0.15) is 15.9 Å². The number of hydrogen-bond donors (Lipinski definition) is 2. The molecule has 0 atom stereocenters. The minimum atomic E-state index is -0.103. The lowest BCUT2D eigenvalue weighted by Crippen LogP contribution is -2.22. The second kappa shape index (κ2) is 5.67. The van der Waals surface area contributed by atoms with E-state index in [1.54, 1.807) is 24.3 Å². The summed E-state index contributed by atoms with van der Waals surface area (Å²) in [6, 6.07) is 20.4. The number of aromatic hydroxyl groups is 1. The first kappa shape index (κ1) is 13.2. The van der Waals surface area contributed by atoms with Gasteiger partial charge in [-0.25, -0.2) is 0 Å². The number of phenols is 1. The van der Waals surface area contributed by atoms with Gasteiger partial charge in [-0.05, 0) is 40.6 Å². The number of amides is 1. The highest BCUT2D eigenvalue weighted by Gasteiger charge is 2.06. The Morgan fingerprint density at radius 2 is 1.62 bits per heavy atom. The highest BCUT2D eigenvalue weighted by Crippen LogP contribution is 2.16. The maximum atomic E-state index is 12.2. The number of carbonyl (C=O) groups is 1. The summed E-state index contributed by atoms with van der Waals surface area (Å²) in [7, 11) is 0. The lowest BCUT2D eigenvalue weighted by molar-refractivity contribution is 0.0951. The summed E-state index contributed by atoms with van der Waals surface area (Å²) in [6.45, 7) is 0.436. The van der Waals surface area contributed by atoms with Crippen LogP contribution in [0.15, 0.2) is 66.7 Å². The van der Waals surface area contributed by atoms with Crippen LogP contribution in [0.3, 0.4) is 0 Å². The van der Waals surface area contributed by atoms with Crippen LogP contribution < -0.4 is 5.32 Å². The van der Waals surface area contributed by atoms with E-state index in [1.165, 1.54) is 0 Å². The van der Waals surface area contributed by atoms with Gasteiger partial charge >= 0.3 is 0 Å². The summed E-state index contributed by atoms with van der Waals surface area (Å²) in [5, 5.41) is 14.3. The lowest BCUT2D eigenvalue weighted by Gasteiger charge is -2.07. The Balaban J connectivity index is 1.73. The van der Waals surface area contributed by atoms with Crippen molar-refractivity contribution in [3.8, 4) is 5.75 Å². The molecule has 3 aromatic rings. The van der Waals surface area contributed by atoms with E-state index in [-0.39, 0.29) is 11.7 Å². The third-order valence-corrected chi connectivity index (χ3v) is 3.40. The van der Waals surface area contributed by atoms with Crippen molar-refractivity contribution in [2.45, 2.75) is 6.54 Å². The maximum absolute atomic E-state index is 12.2. The van der Waals surface area contributed by atoms with Crippen LogP contribution in [0.2, 0.25) is 0 Å². The number of fused-ring (bicyclic) bond motifs is 1. The quantitative estimate of drug-likeness (QED) is 0.770. The molecule has 3 aromatic carbocycles. The molecule has 0 saturated heterocycles. The third-order valence-electron chi connectivity index (χ3n) is 3.40.